The molecule has 1 aromatic rings. The summed E-state index contributed by atoms with van der Waals surface area (Å²) < 4.78 is 28.1. The molecule has 1 aromatic carbocycles. The van der Waals surface area contributed by atoms with Crippen molar-refractivity contribution in [1.29, 1.82) is 0 Å². The van der Waals surface area contributed by atoms with Gasteiger partial charge in [0.2, 0.25) is 0 Å². The highest BCUT2D eigenvalue weighted by molar-refractivity contribution is 5.39. The molecule has 0 saturated heterocycles. The summed E-state index contributed by atoms with van der Waals surface area (Å²) in [4.78, 5) is 0. The molecule has 1 saturated carbocycles. The van der Waals surface area contributed by atoms with Crippen molar-refractivity contribution in [2.75, 3.05) is 0 Å². The summed E-state index contributed by atoms with van der Waals surface area (Å²) >= 11 is 0. The fourth-order valence-electron chi connectivity index (χ4n) is 3.16. The number of unbranched alkanes of at least 4 members (excludes halogenated alkanes) is 1. The quantitative estimate of drug-likeness (QED) is 0.610. The summed E-state index contributed by atoms with van der Waals surface area (Å²) in [6.45, 7) is 4.29. The summed E-state index contributed by atoms with van der Waals surface area (Å²) in [5.41, 5.74) is 0.670. The first kappa shape index (κ1) is 17.0. The van der Waals surface area contributed by atoms with Crippen molar-refractivity contribution < 1.29 is 8.78 Å². The number of hydrogen-bond acceptors (Lipinski definition) is 0. The van der Waals surface area contributed by atoms with Gasteiger partial charge in [0, 0.05) is 5.92 Å². The molecule has 120 valence electrons. The van der Waals surface area contributed by atoms with Crippen LogP contribution in [0, 0.1) is 35.3 Å². The van der Waals surface area contributed by atoms with E-state index >= 15 is 0 Å². The lowest BCUT2D eigenvalue weighted by Gasteiger charge is -2.24. The smallest absolute Gasteiger partial charge is 0.142 e. The first-order valence-corrected chi connectivity index (χ1v) is 8.63. The molecule has 0 spiro atoms. The van der Waals surface area contributed by atoms with Gasteiger partial charge in [0.05, 0.1) is 5.56 Å². The Morgan fingerprint density at radius 3 is 2.23 bits per heavy atom. The maximum Gasteiger partial charge on any atom is 0.142 e. The van der Waals surface area contributed by atoms with Crippen molar-refractivity contribution in [3.05, 3.63) is 34.9 Å². The minimum atomic E-state index is -0.513. The molecular weight excluding hydrogens is 278 g/mol. The predicted octanol–water partition coefficient (Wildman–Crippen LogP) is 5.88. The first-order chi connectivity index (χ1) is 10.6. The topological polar surface area (TPSA) is 0 Å². The van der Waals surface area contributed by atoms with Crippen LogP contribution >= 0.6 is 0 Å². The minimum Gasteiger partial charge on any atom is -0.206 e. The molecule has 0 N–H and O–H groups in total. The lowest BCUT2D eigenvalue weighted by molar-refractivity contribution is 0.309. The lowest BCUT2D eigenvalue weighted by atomic mass is 9.81. The first-order valence-electron chi connectivity index (χ1n) is 8.63. The molecular formula is C20H26F2. The second kappa shape index (κ2) is 8.32. The zero-order valence-electron chi connectivity index (χ0n) is 13.7. The van der Waals surface area contributed by atoms with Gasteiger partial charge in [0.1, 0.15) is 11.6 Å². The van der Waals surface area contributed by atoms with Crippen molar-refractivity contribution in [3.8, 4) is 11.8 Å². The van der Waals surface area contributed by atoms with E-state index in [-0.39, 0.29) is 5.56 Å². The van der Waals surface area contributed by atoms with Gasteiger partial charge in [0.15, 0.2) is 0 Å². The van der Waals surface area contributed by atoms with Gasteiger partial charge in [-0.1, -0.05) is 38.5 Å². The SMILES string of the molecule is CCCCc1cc(F)c(C#CC2CCC(CC)CC2)c(F)c1. The number of benzene rings is 1. The Morgan fingerprint density at radius 2 is 1.68 bits per heavy atom. The maximum atomic E-state index is 14.1. The molecule has 0 atom stereocenters. The Hall–Kier alpha value is -1.36. The molecule has 0 heterocycles. The Labute approximate surface area is 133 Å². The van der Waals surface area contributed by atoms with E-state index in [4.69, 9.17) is 0 Å². The lowest BCUT2D eigenvalue weighted by Crippen LogP contribution is -2.12. The Kier molecular flexibility index (Phi) is 6.43. The molecule has 0 unspecified atom stereocenters. The Bertz CT molecular complexity index is 520. The van der Waals surface area contributed by atoms with E-state index in [2.05, 4.69) is 25.7 Å². The Balaban J connectivity index is 2.06. The van der Waals surface area contributed by atoms with Crippen molar-refractivity contribution in [2.45, 2.75) is 65.2 Å². The number of hydrogen-bond donors (Lipinski definition) is 0. The molecule has 1 fully saturated rings. The molecule has 2 heteroatoms. The van der Waals surface area contributed by atoms with Crippen LogP contribution in [-0.4, -0.2) is 0 Å². The highest BCUT2D eigenvalue weighted by Gasteiger charge is 2.18. The molecule has 0 amide bonds. The van der Waals surface area contributed by atoms with E-state index in [0.717, 1.165) is 43.6 Å². The van der Waals surface area contributed by atoms with Gasteiger partial charge in [-0.15, -0.1) is 0 Å². The fourth-order valence-corrected chi connectivity index (χ4v) is 3.16. The van der Waals surface area contributed by atoms with Gasteiger partial charge in [-0.2, -0.15) is 0 Å². The molecule has 0 aromatic heterocycles. The van der Waals surface area contributed by atoms with E-state index in [0.29, 0.717) is 5.92 Å². The number of rotatable bonds is 4. The third-order valence-corrected chi connectivity index (χ3v) is 4.75. The number of aryl methyl sites for hydroxylation is 1. The van der Waals surface area contributed by atoms with Crippen LogP contribution in [0.1, 0.15) is 69.9 Å². The second-order valence-corrected chi connectivity index (χ2v) is 6.43. The van der Waals surface area contributed by atoms with Crippen molar-refractivity contribution in [3.63, 3.8) is 0 Å². The molecule has 1 aliphatic carbocycles. The summed E-state index contributed by atoms with van der Waals surface area (Å²) in [5, 5.41) is 0. The number of halogens is 2. The van der Waals surface area contributed by atoms with Gasteiger partial charge in [0.25, 0.3) is 0 Å². The van der Waals surface area contributed by atoms with E-state index in [1.165, 1.54) is 31.4 Å². The molecule has 0 aliphatic heterocycles. The molecule has 1 aliphatic rings. The zero-order valence-corrected chi connectivity index (χ0v) is 13.7. The summed E-state index contributed by atoms with van der Waals surface area (Å²) in [7, 11) is 0. The van der Waals surface area contributed by atoms with Crippen LogP contribution in [-0.2, 0) is 6.42 Å². The van der Waals surface area contributed by atoms with Crippen molar-refractivity contribution in [2.24, 2.45) is 11.8 Å². The standard InChI is InChI=1S/C20H26F2/c1-3-5-6-17-13-19(21)18(20(22)14-17)12-11-16-9-7-15(4-2)8-10-16/h13-16H,3-10H2,1-2H3. The molecule has 0 bridgehead atoms. The molecule has 0 radical (unpaired) electrons. The molecule has 22 heavy (non-hydrogen) atoms. The van der Waals surface area contributed by atoms with Crippen LogP contribution in [0.15, 0.2) is 12.1 Å². The Morgan fingerprint density at radius 1 is 1.05 bits per heavy atom. The highest BCUT2D eigenvalue weighted by Crippen LogP contribution is 2.30. The maximum absolute atomic E-state index is 14.1. The zero-order chi connectivity index (χ0) is 15.9. The summed E-state index contributed by atoms with van der Waals surface area (Å²) in [5.74, 6) is 5.94. The molecule has 2 rings (SSSR count). The van der Waals surface area contributed by atoms with Gasteiger partial charge in [-0.05, 0) is 62.1 Å². The van der Waals surface area contributed by atoms with E-state index < -0.39 is 11.6 Å². The monoisotopic (exact) mass is 304 g/mol. The minimum absolute atomic E-state index is 0.0575. The highest BCUT2D eigenvalue weighted by atomic mass is 19.1. The predicted molar refractivity (Wildman–Crippen MR) is 87.6 cm³/mol. The third kappa shape index (κ3) is 4.57. The van der Waals surface area contributed by atoms with Gasteiger partial charge in [-0.25, -0.2) is 8.78 Å². The average Bonchev–Trinajstić information content (AvgIpc) is 2.52. The van der Waals surface area contributed by atoms with Gasteiger partial charge in [-0.3, -0.25) is 0 Å². The van der Waals surface area contributed by atoms with E-state index in [1.54, 1.807) is 0 Å². The van der Waals surface area contributed by atoms with Gasteiger partial charge < -0.3 is 0 Å². The van der Waals surface area contributed by atoms with E-state index in [1.807, 2.05) is 0 Å². The van der Waals surface area contributed by atoms with Gasteiger partial charge >= 0.3 is 0 Å². The van der Waals surface area contributed by atoms with Crippen molar-refractivity contribution in [1.82, 2.24) is 0 Å². The second-order valence-electron chi connectivity index (χ2n) is 6.43. The fraction of sp³-hybridized carbons (Fsp3) is 0.600. The normalized spacial score (nSPS) is 21.3. The van der Waals surface area contributed by atoms with Crippen LogP contribution in [0.5, 0.6) is 0 Å². The van der Waals surface area contributed by atoms with E-state index in [9.17, 15) is 8.78 Å². The molecule has 0 nitrogen and oxygen atoms in total. The summed E-state index contributed by atoms with van der Waals surface area (Å²) in [6.07, 6.45) is 8.41. The third-order valence-electron chi connectivity index (χ3n) is 4.75. The van der Waals surface area contributed by atoms with Crippen LogP contribution < -0.4 is 0 Å². The summed E-state index contributed by atoms with van der Waals surface area (Å²) in [6, 6.07) is 2.88. The van der Waals surface area contributed by atoms with Crippen LogP contribution in [0.25, 0.3) is 0 Å². The van der Waals surface area contributed by atoms with Crippen molar-refractivity contribution >= 4 is 0 Å². The van der Waals surface area contributed by atoms with Crippen LogP contribution in [0.4, 0.5) is 8.78 Å². The van der Waals surface area contributed by atoms with Crippen LogP contribution in [0.3, 0.4) is 0 Å². The largest absolute Gasteiger partial charge is 0.206 e. The average molecular weight is 304 g/mol. The van der Waals surface area contributed by atoms with Crippen LogP contribution in [0.2, 0.25) is 0 Å².